The van der Waals surface area contributed by atoms with Crippen LogP contribution in [0.4, 0.5) is 0 Å². The fraction of sp³-hybridized carbons (Fsp3) is 0.0556. The zero-order valence-corrected chi connectivity index (χ0v) is 13.9. The Morgan fingerprint density at radius 2 is 2.00 bits per heavy atom. The Kier molecular flexibility index (Phi) is 3.70. The number of phenolic OH excluding ortho intramolecular Hbond substituents is 1. The number of aliphatic hydroxyl groups excluding tert-OH is 1. The predicted octanol–water partition coefficient (Wildman–Crippen LogP) is 3.60. The summed E-state index contributed by atoms with van der Waals surface area (Å²) in [6.45, 7) is 0.124. The third-order valence-electron chi connectivity index (χ3n) is 3.81. The number of nitrogens with one attached hydrogen (secondary N) is 1. The first-order chi connectivity index (χ1) is 12.1. The number of hydrazone groups is 1. The van der Waals surface area contributed by atoms with E-state index in [1.54, 1.807) is 30.5 Å². The Balaban J connectivity index is 1.61. The van der Waals surface area contributed by atoms with Gasteiger partial charge in [-0.25, -0.2) is 9.99 Å². The van der Waals surface area contributed by atoms with Crippen molar-refractivity contribution in [3.63, 3.8) is 0 Å². The molecule has 0 amide bonds. The lowest BCUT2D eigenvalue weighted by atomic mass is 10.2. The molecule has 1 aliphatic rings. The summed E-state index contributed by atoms with van der Waals surface area (Å²) in [6, 6.07) is 14.4. The largest absolute Gasteiger partial charge is 0.509 e. The summed E-state index contributed by atoms with van der Waals surface area (Å²) in [5.41, 5.74) is 1.97. The predicted molar refractivity (Wildman–Crippen MR) is 99.3 cm³/mol. The van der Waals surface area contributed by atoms with Crippen LogP contribution in [0.2, 0.25) is 0 Å². The third kappa shape index (κ3) is 2.85. The van der Waals surface area contributed by atoms with Crippen LogP contribution in [0.1, 0.15) is 10.6 Å². The number of phenols is 1. The fourth-order valence-corrected chi connectivity index (χ4v) is 3.64. The van der Waals surface area contributed by atoms with Crippen molar-refractivity contribution in [1.82, 2.24) is 9.99 Å². The number of aromatic hydroxyl groups is 1. The summed E-state index contributed by atoms with van der Waals surface area (Å²) in [5.74, 6) is 0.335. The Bertz CT molecular complexity index is 1010. The number of para-hydroxylation sites is 1. The highest BCUT2D eigenvalue weighted by Gasteiger charge is 2.30. The minimum atomic E-state index is 0.0807. The summed E-state index contributed by atoms with van der Waals surface area (Å²) >= 11 is 1.44. The molecule has 0 saturated heterocycles. The molecule has 1 aromatic heterocycles. The van der Waals surface area contributed by atoms with Gasteiger partial charge in [-0.3, -0.25) is 5.41 Å². The van der Waals surface area contributed by atoms with Gasteiger partial charge >= 0.3 is 0 Å². The van der Waals surface area contributed by atoms with Crippen molar-refractivity contribution in [3.8, 4) is 5.75 Å². The van der Waals surface area contributed by atoms with Crippen LogP contribution in [0.3, 0.4) is 0 Å². The molecule has 3 N–H and O–H groups in total. The van der Waals surface area contributed by atoms with Crippen LogP contribution in [0.15, 0.2) is 59.4 Å². The number of hydrogen-bond acceptors (Lipinski definition) is 6. The van der Waals surface area contributed by atoms with Crippen molar-refractivity contribution < 1.29 is 10.2 Å². The van der Waals surface area contributed by atoms with E-state index in [0.717, 1.165) is 10.2 Å². The molecule has 0 bridgehead atoms. The molecule has 0 spiro atoms. The molecule has 0 fully saturated rings. The summed E-state index contributed by atoms with van der Waals surface area (Å²) in [4.78, 5) is 4.51. The average Bonchev–Trinajstić information content (AvgIpc) is 3.13. The quantitative estimate of drug-likeness (QED) is 0.629. The first kappa shape index (κ1) is 15.3. The normalized spacial score (nSPS) is 15.0. The van der Waals surface area contributed by atoms with Crippen LogP contribution in [0, 0.1) is 5.41 Å². The molecule has 0 aliphatic carbocycles. The van der Waals surface area contributed by atoms with E-state index in [2.05, 4.69) is 10.1 Å². The molecular formula is C18H14N4O2S. The molecule has 124 valence electrons. The number of aromatic nitrogens is 1. The van der Waals surface area contributed by atoms with Gasteiger partial charge in [0.15, 0.2) is 5.84 Å². The molecule has 0 atom stereocenters. The Morgan fingerprint density at radius 3 is 2.80 bits per heavy atom. The number of aliphatic hydroxyl groups is 1. The van der Waals surface area contributed by atoms with Gasteiger partial charge in [0, 0.05) is 0 Å². The van der Waals surface area contributed by atoms with Gasteiger partial charge in [0.2, 0.25) is 0 Å². The number of amidine groups is 1. The van der Waals surface area contributed by atoms with Gasteiger partial charge in [0.1, 0.15) is 23.1 Å². The van der Waals surface area contributed by atoms with E-state index >= 15 is 0 Å². The van der Waals surface area contributed by atoms with Gasteiger partial charge in [0.05, 0.1) is 22.0 Å². The Morgan fingerprint density at radius 1 is 1.16 bits per heavy atom. The average molecular weight is 350 g/mol. The van der Waals surface area contributed by atoms with E-state index in [1.807, 2.05) is 24.3 Å². The molecule has 7 heteroatoms. The molecule has 0 radical (unpaired) electrons. The van der Waals surface area contributed by atoms with Crippen molar-refractivity contribution in [2.24, 2.45) is 5.10 Å². The van der Waals surface area contributed by atoms with E-state index in [1.165, 1.54) is 16.3 Å². The fourth-order valence-electron chi connectivity index (χ4n) is 2.61. The molecule has 0 saturated carbocycles. The maximum atomic E-state index is 10.3. The number of hydrogen-bond donors (Lipinski definition) is 3. The molecule has 1 aliphatic heterocycles. The molecule has 4 rings (SSSR count). The highest BCUT2D eigenvalue weighted by Crippen LogP contribution is 2.33. The topological polar surface area (TPSA) is 92.8 Å². The van der Waals surface area contributed by atoms with Crippen molar-refractivity contribution in [1.29, 1.82) is 5.41 Å². The van der Waals surface area contributed by atoms with Gasteiger partial charge in [-0.1, -0.05) is 24.3 Å². The molecule has 0 unspecified atom stereocenters. The molecule has 2 aromatic carbocycles. The van der Waals surface area contributed by atoms with Crippen LogP contribution < -0.4 is 0 Å². The number of nitrogens with zero attached hydrogens (tertiary/aromatic N) is 3. The van der Waals surface area contributed by atoms with E-state index in [9.17, 15) is 10.2 Å². The van der Waals surface area contributed by atoms with E-state index in [-0.39, 0.29) is 23.9 Å². The van der Waals surface area contributed by atoms with Gasteiger partial charge in [-0.05, 0) is 29.8 Å². The van der Waals surface area contributed by atoms with E-state index in [4.69, 9.17) is 5.41 Å². The lowest BCUT2D eigenvalue weighted by Gasteiger charge is -2.11. The number of benzene rings is 2. The second-order valence-electron chi connectivity index (χ2n) is 5.55. The van der Waals surface area contributed by atoms with Crippen LogP contribution in [-0.4, -0.2) is 38.8 Å². The SMILES string of the molecule is N=C1C(c2nc3ccccc3s2)=C(O)CN1N=Cc1cccc(O)c1. The van der Waals surface area contributed by atoms with Crippen molar-refractivity contribution >= 4 is 39.2 Å². The lowest BCUT2D eigenvalue weighted by Crippen LogP contribution is -2.20. The first-order valence-electron chi connectivity index (χ1n) is 7.59. The minimum absolute atomic E-state index is 0.0807. The zero-order chi connectivity index (χ0) is 17.4. The lowest BCUT2D eigenvalue weighted by molar-refractivity contribution is 0.358. The molecule has 3 aromatic rings. The molecule has 6 nitrogen and oxygen atoms in total. The molecular weight excluding hydrogens is 336 g/mol. The van der Waals surface area contributed by atoms with Crippen LogP contribution in [0.5, 0.6) is 5.75 Å². The Hall–Kier alpha value is -3.19. The van der Waals surface area contributed by atoms with Gasteiger partial charge in [0.25, 0.3) is 0 Å². The van der Waals surface area contributed by atoms with Crippen LogP contribution >= 0.6 is 11.3 Å². The maximum absolute atomic E-state index is 10.3. The Labute approximate surface area is 147 Å². The summed E-state index contributed by atoms with van der Waals surface area (Å²) < 4.78 is 1.01. The van der Waals surface area contributed by atoms with Crippen molar-refractivity contribution in [3.05, 3.63) is 64.9 Å². The van der Waals surface area contributed by atoms with Crippen LogP contribution in [-0.2, 0) is 0 Å². The second kappa shape index (κ2) is 6.03. The number of fused-ring (bicyclic) bond motifs is 1. The van der Waals surface area contributed by atoms with Crippen molar-refractivity contribution in [2.45, 2.75) is 0 Å². The smallest absolute Gasteiger partial charge is 0.155 e. The third-order valence-corrected chi connectivity index (χ3v) is 4.86. The standard InChI is InChI=1S/C18H14N4O2S/c19-17-16(18-21-13-6-1-2-7-15(13)25-18)14(24)10-22(17)20-9-11-4-3-5-12(23)8-11/h1-9,19,23-24H,10H2. The van der Waals surface area contributed by atoms with Gasteiger partial charge in [-0.15, -0.1) is 11.3 Å². The first-order valence-corrected chi connectivity index (χ1v) is 8.41. The molecule has 2 heterocycles. The highest BCUT2D eigenvalue weighted by molar-refractivity contribution is 7.19. The van der Waals surface area contributed by atoms with Gasteiger partial charge < -0.3 is 10.2 Å². The van der Waals surface area contributed by atoms with Crippen LogP contribution in [0.25, 0.3) is 15.8 Å². The number of rotatable bonds is 3. The van der Waals surface area contributed by atoms with E-state index in [0.29, 0.717) is 16.1 Å². The monoisotopic (exact) mass is 350 g/mol. The summed E-state index contributed by atoms with van der Waals surface area (Å²) in [6.07, 6.45) is 1.54. The van der Waals surface area contributed by atoms with Gasteiger partial charge in [-0.2, -0.15) is 5.10 Å². The second-order valence-corrected chi connectivity index (χ2v) is 6.58. The highest BCUT2D eigenvalue weighted by atomic mass is 32.1. The summed E-state index contributed by atoms with van der Waals surface area (Å²) in [7, 11) is 0. The summed E-state index contributed by atoms with van der Waals surface area (Å²) in [5, 5.41) is 34.4. The van der Waals surface area contributed by atoms with E-state index < -0.39 is 0 Å². The minimum Gasteiger partial charge on any atom is -0.509 e. The zero-order valence-electron chi connectivity index (χ0n) is 13.0. The maximum Gasteiger partial charge on any atom is 0.155 e. The number of thiazole rings is 1. The van der Waals surface area contributed by atoms with Crippen molar-refractivity contribution in [2.75, 3.05) is 6.54 Å². The molecule has 25 heavy (non-hydrogen) atoms.